The minimum atomic E-state index is -0.0939. The van der Waals surface area contributed by atoms with Gasteiger partial charge in [-0.2, -0.15) is 0 Å². The van der Waals surface area contributed by atoms with Crippen molar-refractivity contribution in [2.24, 2.45) is 5.73 Å². The summed E-state index contributed by atoms with van der Waals surface area (Å²) in [6.07, 6.45) is 3.44. The number of ether oxygens (including phenoxy) is 1. The molecule has 1 saturated heterocycles. The van der Waals surface area contributed by atoms with Crippen LogP contribution in [-0.2, 0) is 11.3 Å². The quantitative estimate of drug-likeness (QED) is 0.869. The predicted molar refractivity (Wildman–Crippen MR) is 77.4 cm³/mol. The van der Waals surface area contributed by atoms with Crippen LogP contribution in [0, 0.1) is 0 Å². The summed E-state index contributed by atoms with van der Waals surface area (Å²) >= 11 is 0. The second-order valence-electron chi connectivity index (χ2n) is 5.63. The normalized spacial score (nSPS) is 24.0. The van der Waals surface area contributed by atoms with Gasteiger partial charge in [0, 0.05) is 25.9 Å². The molecule has 0 bridgehead atoms. The lowest BCUT2D eigenvalue weighted by atomic mass is 9.94. The van der Waals surface area contributed by atoms with E-state index in [9.17, 15) is 4.79 Å². The van der Waals surface area contributed by atoms with Crippen LogP contribution in [0.2, 0.25) is 0 Å². The maximum absolute atomic E-state index is 11.6. The number of anilines is 1. The molecule has 0 aromatic heterocycles. The number of urea groups is 1. The molecule has 20 heavy (non-hydrogen) atoms. The third-order valence-corrected chi connectivity index (χ3v) is 4.13. The minimum Gasteiger partial charge on any atom is -0.376 e. The van der Waals surface area contributed by atoms with E-state index in [1.165, 1.54) is 6.42 Å². The van der Waals surface area contributed by atoms with Crippen LogP contribution in [-0.4, -0.2) is 30.7 Å². The van der Waals surface area contributed by atoms with Crippen molar-refractivity contribution in [3.63, 3.8) is 0 Å². The molecule has 3 rings (SSSR count). The molecule has 2 heterocycles. The van der Waals surface area contributed by atoms with Gasteiger partial charge in [0.2, 0.25) is 0 Å². The van der Waals surface area contributed by atoms with Crippen LogP contribution in [0.1, 0.15) is 36.4 Å². The smallest absolute Gasteiger partial charge is 0.321 e. The Morgan fingerprint density at radius 2 is 2.30 bits per heavy atom. The number of hydrogen-bond acceptors (Lipinski definition) is 3. The molecule has 1 aromatic carbocycles. The standard InChI is InChI=1S/C15H21N3O2/c1-18-9-11-8-10(5-6-12(11)17-15(18)19)14(16)13-4-2-3-7-20-13/h5-6,8,13-14H,2-4,7,9,16H2,1H3,(H,17,19). The van der Waals surface area contributed by atoms with Gasteiger partial charge in [-0.25, -0.2) is 4.79 Å². The van der Waals surface area contributed by atoms with Gasteiger partial charge >= 0.3 is 6.03 Å². The Kier molecular flexibility index (Phi) is 3.63. The first-order valence-electron chi connectivity index (χ1n) is 7.17. The Morgan fingerprint density at radius 1 is 1.45 bits per heavy atom. The van der Waals surface area contributed by atoms with Crippen LogP contribution in [0.5, 0.6) is 0 Å². The van der Waals surface area contributed by atoms with Crippen LogP contribution in [0.25, 0.3) is 0 Å². The molecule has 2 aliphatic heterocycles. The predicted octanol–water partition coefficient (Wildman–Crippen LogP) is 2.23. The number of benzene rings is 1. The summed E-state index contributed by atoms with van der Waals surface area (Å²) in [4.78, 5) is 13.3. The van der Waals surface area contributed by atoms with E-state index in [1.807, 2.05) is 12.1 Å². The average molecular weight is 275 g/mol. The van der Waals surface area contributed by atoms with Crippen molar-refractivity contribution < 1.29 is 9.53 Å². The molecule has 0 spiro atoms. The third kappa shape index (κ3) is 2.51. The summed E-state index contributed by atoms with van der Waals surface area (Å²) in [5.41, 5.74) is 9.41. The highest BCUT2D eigenvalue weighted by Gasteiger charge is 2.25. The van der Waals surface area contributed by atoms with Gasteiger partial charge in [0.1, 0.15) is 0 Å². The van der Waals surface area contributed by atoms with E-state index in [1.54, 1.807) is 11.9 Å². The lowest BCUT2D eigenvalue weighted by Gasteiger charge is -2.30. The molecule has 0 aliphatic carbocycles. The van der Waals surface area contributed by atoms with E-state index in [-0.39, 0.29) is 18.2 Å². The number of nitrogens with two attached hydrogens (primary N) is 1. The van der Waals surface area contributed by atoms with Crippen molar-refractivity contribution in [1.82, 2.24) is 4.90 Å². The van der Waals surface area contributed by atoms with Crippen molar-refractivity contribution in [3.05, 3.63) is 29.3 Å². The molecule has 5 nitrogen and oxygen atoms in total. The molecular formula is C15H21N3O2. The zero-order valence-corrected chi connectivity index (χ0v) is 11.8. The SMILES string of the molecule is CN1Cc2cc(C(N)C3CCCCO3)ccc2NC1=O. The highest BCUT2D eigenvalue weighted by atomic mass is 16.5. The van der Waals surface area contributed by atoms with Crippen molar-refractivity contribution in [3.8, 4) is 0 Å². The molecular weight excluding hydrogens is 254 g/mol. The number of hydrogen-bond donors (Lipinski definition) is 2. The maximum Gasteiger partial charge on any atom is 0.321 e. The van der Waals surface area contributed by atoms with Gasteiger partial charge in [0.15, 0.2) is 0 Å². The van der Waals surface area contributed by atoms with E-state index in [2.05, 4.69) is 11.4 Å². The number of nitrogens with zero attached hydrogens (tertiary/aromatic N) is 1. The molecule has 108 valence electrons. The molecule has 1 fully saturated rings. The fourth-order valence-electron chi connectivity index (χ4n) is 2.88. The summed E-state index contributed by atoms with van der Waals surface area (Å²) in [7, 11) is 1.79. The number of carbonyl (C=O) groups is 1. The molecule has 2 atom stereocenters. The van der Waals surface area contributed by atoms with Crippen molar-refractivity contribution in [2.75, 3.05) is 19.0 Å². The molecule has 0 radical (unpaired) electrons. The first-order valence-corrected chi connectivity index (χ1v) is 7.17. The summed E-state index contributed by atoms with van der Waals surface area (Å²) < 4.78 is 5.77. The van der Waals surface area contributed by atoms with Crippen LogP contribution in [0.15, 0.2) is 18.2 Å². The average Bonchev–Trinajstić information content (AvgIpc) is 2.48. The number of fused-ring (bicyclic) bond motifs is 1. The summed E-state index contributed by atoms with van der Waals surface area (Å²) in [5.74, 6) is 0. The highest BCUT2D eigenvalue weighted by molar-refractivity contribution is 5.92. The van der Waals surface area contributed by atoms with Gasteiger partial charge in [-0.15, -0.1) is 0 Å². The maximum atomic E-state index is 11.6. The Hall–Kier alpha value is -1.59. The zero-order chi connectivity index (χ0) is 14.1. The topological polar surface area (TPSA) is 67.6 Å². The Labute approximate surface area is 119 Å². The van der Waals surface area contributed by atoms with Crippen LogP contribution in [0.3, 0.4) is 0 Å². The third-order valence-electron chi connectivity index (χ3n) is 4.13. The minimum absolute atomic E-state index is 0.0647. The Bertz CT molecular complexity index is 512. The van der Waals surface area contributed by atoms with Gasteiger partial charge in [-0.05, 0) is 36.5 Å². The van der Waals surface area contributed by atoms with Gasteiger partial charge in [0.05, 0.1) is 12.1 Å². The molecule has 3 N–H and O–H groups in total. The second-order valence-corrected chi connectivity index (χ2v) is 5.63. The molecule has 2 aliphatic rings. The molecule has 1 aromatic rings. The Balaban J connectivity index is 1.81. The number of rotatable bonds is 2. The van der Waals surface area contributed by atoms with Gasteiger partial charge in [-0.3, -0.25) is 0 Å². The van der Waals surface area contributed by atoms with E-state index in [0.29, 0.717) is 6.54 Å². The lowest BCUT2D eigenvalue weighted by molar-refractivity contribution is -0.00000274. The first kappa shape index (κ1) is 13.4. The van der Waals surface area contributed by atoms with E-state index in [0.717, 1.165) is 36.3 Å². The van der Waals surface area contributed by atoms with Crippen LogP contribution >= 0.6 is 0 Å². The fraction of sp³-hybridized carbons (Fsp3) is 0.533. The fourth-order valence-corrected chi connectivity index (χ4v) is 2.88. The van der Waals surface area contributed by atoms with Gasteiger partial charge < -0.3 is 20.7 Å². The number of carbonyl (C=O) groups excluding carboxylic acids is 1. The number of nitrogens with one attached hydrogen (secondary N) is 1. The van der Waals surface area contributed by atoms with Crippen molar-refractivity contribution in [2.45, 2.75) is 38.0 Å². The van der Waals surface area contributed by atoms with Gasteiger partial charge in [0.25, 0.3) is 0 Å². The monoisotopic (exact) mass is 275 g/mol. The van der Waals surface area contributed by atoms with E-state index in [4.69, 9.17) is 10.5 Å². The first-order chi connectivity index (χ1) is 9.65. The molecule has 2 amide bonds. The summed E-state index contributed by atoms with van der Waals surface area (Å²) in [6.45, 7) is 1.43. The summed E-state index contributed by atoms with van der Waals surface area (Å²) in [5, 5.41) is 2.87. The summed E-state index contributed by atoms with van der Waals surface area (Å²) in [6, 6.07) is 5.87. The van der Waals surface area contributed by atoms with Crippen LogP contribution < -0.4 is 11.1 Å². The molecule has 5 heteroatoms. The number of amides is 2. The van der Waals surface area contributed by atoms with Gasteiger partial charge in [-0.1, -0.05) is 12.1 Å². The molecule has 2 unspecified atom stereocenters. The second kappa shape index (κ2) is 5.42. The highest BCUT2D eigenvalue weighted by Crippen LogP contribution is 2.29. The molecule has 0 saturated carbocycles. The zero-order valence-electron chi connectivity index (χ0n) is 11.8. The Morgan fingerprint density at radius 3 is 3.05 bits per heavy atom. The van der Waals surface area contributed by atoms with Crippen LogP contribution in [0.4, 0.5) is 10.5 Å². The largest absolute Gasteiger partial charge is 0.376 e. The van der Waals surface area contributed by atoms with Crippen molar-refractivity contribution in [1.29, 1.82) is 0 Å². The lowest BCUT2D eigenvalue weighted by Crippen LogP contribution is -2.36. The van der Waals surface area contributed by atoms with E-state index < -0.39 is 0 Å². The van der Waals surface area contributed by atoms with Crippen molar-refractivity contribution >= 4 is 11.7 Å². The van der Waals surface area contributed by atoms with E-state index >= 15 is 0 Å².